The Hall–Kier alpha value is -1.79. The fraction of sp³-hybridized carbons (Fsp3) is 0.308. The van der Waals surface area contributed by atoms with Gasteiger partial charge in [-0.05, 0) is 19.1 Å². The number of likely N-dealkylation sites (N-methyl/N-ethyl adjacent to an activating group) is 1. The normalized spacial score (nSPS) is 10.5. The number of aliphatic hydroxyl groups excluding tert-OH is 1. The van der Waals surface area contributed by atoms with Gasteiger partial charge in [-0.3, -0.25) is 9.78 Å². The topological polar surface area (TPSA) is 66.3 Å². The zero-order valence-corrected chi connectivity index (χ0v) is 11.6. The Morgan fingerprint density at radius 1 is 1.47 bits per heavy atom. The number of aliphatic hydroxyl groups is 1. The number of amides is 1. The molecule has 0 saturated heterocycles. The number of aromatic nitrogens is 2. The van der Waals surface area contributed by atoms with Crippen molar-refractivity contribution in [2.75, 3.05) is 20.2 Å². The van der Waals surface area contributed by atoms with Crippen molar-refractivity contribution in [2.24, 2.45) is 0 Å². The maximum atomic E-state index is 12.3. The summed E-state index contributed by atoms with van der Waals surface area (Å²) in [7, 11) is 1.66. The van der Waals surface area contributed by atoms with Gasteiger partial charge in [-0.25, -0.2) is 4.98 Å². The Morgan fingerprint density at radius 2 is 2.26 bits per heavy atom. The molecule has 0 fully saturated rings. The predicted octanol–water partition coefficient (Wildman–Crippen LogP) is 1.58. The molecule has 5 nitrogen and oxygen atoms in total. The molecule has 2 aromatic heterocycles. The molecule has 0 aromatic carbocycles. The number of nitrogens with zero attached hydrogens (tertiary/aromatic N) is 3. The predicted molar refractivity (Wildman–Crippen MR) is 74.1 cm³/mol. The zero-order valence-electron chi connectivity index (χ0n) is 10.8. The lowest BCUT2D eigenvalue weighted by Crippen LogP contribution is -2.30. The zero-order chi connectivity index (χ0) is 13.8. The van der Waals surface area contributed by atoms with E-state index >= 15 is 0 Å². The summed E-state index contributed by atoms with van der Waals surface area (Å²) in [6, 6.07) is 3.48. The van der Waals surface area contributed by atoms with Crippen LogP contribution in [0.1, 0.15) is 16.1 Å². The molecule has 0 bridgehead atoms. The molecule has 1 N–H and O–H groups in total. The molecule has 0 aliphatic heterocycles. The van der Waals surface area contributed by atoms with Crippen LogP contribution in [-0.2, 0) is 0 Å². The third kappa shape index (κ3) is 2.80. The molecule has 100 valence electrons. The average Bonchev–Trinajstić information content (AvgIpc) is 2.84. The standard InChI is InChI=1S/C13H15N3O2S/c1-9-12(19-8-15-9)11-10(4-3-5-14-11)13(18)16(2)6-7-17/h3-5,8,17H,6-7H2,1-2H3. The molecule has 0 aliphatic carbocycles. The summed E-state index contributed by atoms with van der Waals surface area (Å²) >= 11 is 1.47. The summed E-state index contributed by atoms with van der Waals surface area (Å²) in [5, 5.41) is 8.91. The molecule has 19 heavy (non-hydrogen) atoms. The minimum Gasteiger partial charge on any atom is -0.395 e. The first-order valence-electron chi connectivity index (χ1n) is 5.87. The van der Waals surface area contributed by atoms with Gasteiger partial charge in [0.15, 0.2) is 0 Å². The largest absolute Gasteiger partial charge is 0.395 e. The van der Waals surface area contributed by atoms with Crippen molar-refractivity contribution >= 4 is 17.2 Å². The van der Waals surface area contributed by atoms with E-state index in [4.69, 9.17) is 5.11 Å². The van der Waals surface area contributed by atoms with Gasteiger partial charge in [0.1, 0.15) is 0 Å². The number of carbonyl (C=O) groups is 1. The molecule has 0 radical (unpaired) electrons. The van der Waals surface area contributed by atoms with Crippen molar-refractivity contribution in [3.63, 3.8) is 0 Å². The molecule has 1 amide bonds. The minimum atomic E-state index is -0.148. The second kappa shape index (κ2) is 5.90. The summed E-state index contributed by atoms with van der Waals surface area (Å²) < 4.78 is 0. The first kappa shape index (κ1) is 13.6. The van der Waals surface area contributed by atoms with Crippen LogP contribution in [0.5, 0.6) is 0 Å². The first-order valence-corrected chi connectivity index (χ1v) is 6.75. The van der Waals surface area contributed by atoms with Gasteiger partial charge in [0.25, 0.3) is 5.91 Å². The number of hydrogen-bond acceptors (Lipinski definition) is 5. The number of hydrogen-bond donors (Lipinski definition) is 1. The summed E-state index contributed by atoms with van der Waals surface area (Å²) in [4.78, 5) is 23.2. The monoisotopic (exact) mass is 277 g/mol. The Labute approximate surface area is 115 Å². The van der Waals surface area contributed by atoms with Crippen molar-refractivity contribution < 1.29 is 9.90 Å². The van der Waals surface area contributed by atoms with Crippen molar-refractivity contribution in [3.05, 3.63) is 35.1 Å². The van der Waals surface area contributed by atoms with Gasteiger partial charge in [-0.1, -0.05) is 0 Å². The van der Waals surface area contributed by atoms with E-state index in [1.165, 1.54) is 16.2 Å². The van der Waals surface area contributed by atoms with Crippen molar-refractivity contribution in [3.8, 4) is 10.6 Å². The SMILES string of the molecule is Cc1ncsc1-c1ncccc1C(=O)N(C)CCO. The fourth-order valence-electron chi connectivity index (χ4n) is 1.75. The van der Waals surface area contributed by atoms with Crippen molar-refractivity contribution in [2.45, 2.75) is 6.92 Å². The second-order valence-electron chi connectivity index (χ2n) is 4.12. The summed E-state index contributed by atoms with van der Waals surface area (Å²) in [5.41, 5.74) is 3.79. The number of rotatable bonds is 4. The maximum absolute atomic E-state index is 12.3. The van der Waals surface area contributed by atoms with Crippen LogP contribution < -0.4 is 0 Å². The Kier molecular flexibility index (Phi) is 4.24. The van der Waals surface area contributed by atoms with Crippen LogP contribution >= 0.6 is 11.3 Å². The average molecular weight is 277 g/mol. The van der Waals surface area contributed by atoms with Gasteiger partial charge >= 0.3 is 0 Å². The molecule has 0 unspecified atom stereocenters. The fourth-order valence-corrected chi connectivity index (χ4v) is 2.56. The van der Waals surface area contributed by atoms with Gasteiger partial charge in [0.05, 0.1) is 33.9 Å². The van der Waals surface area contributed by atoms with Gasteiger partial charge in [0.2, 0.25) is 0 Å². The molecule has 2 aromatic rings. The number of thiazole rings is 1. The summed E-state index contributed by atoms with van der Waals surface area (Å²) in [6.45, 7) is 2.14. The minimum absolute atomic E-state index is 0.0581. The molecular formula is C13H15N3O2S. The van der Waals surface area contributed by atoms with Crippen LogP contribution in [0.2, 0.25) is 0 Å². The number of aryl methyl sites for hydroxylation is 1. The molecule has 0 atom stereocenters. The van der Waals surface area contributed by atoms with Crippen molar-refractivity contribution in [1.82, 2.24) is 14.9 Å². The third-order valence-corrected chi connectivity index (χ3v) is 3.72. The van der Waals surface area contributed by atoms with Gasteiger partial charge in [-0.15, -0.1) is 11.3 Å². The summed E-state index contributed by atoms with van der Waals surface area (Å²) in [6.07, 6.45) is 1.66. The van der Waals surface area contributed by atoms with E-state index in [-0.39, 0.29) is 12.5 Å². The van der Waals surface area contributed by atoms with E-state index in [2.05, 4.69) is 9.97 Å². The Morgan fingerprint density at radius 3 is 2.89 bits per heavy atom. The first-order chi connectivity index (χ1) is 9.15. The third-order valence-electron chi connectivity index (χ3n) is 2.78. The van der Waals surface area contributed by atoms with Crippen LogP contribution in [0, 0.1) is 6.92 Å². The second-order valence-corrected chi connectivity index (χ2v) is 4.97. The lowest BCUT2D eigenvalue weighted by atomic mass is 10.1. The quantitative estimate of drug-likeness (QED) is 0.921. The highest BCUT2D eigenvalue weighted by atomic mass is 32.1. The lowest BCUT2D eigenvalue weighted by Gasteiger charge is -2.17. The number of pyridine rings is 1. The molecule has 6 heteroatoms. The molecule has 2 heterocycles. The van der Waals surface area contributed by atoms with E-state index in [0.717, 1.165) is 10.6 Å². The van der Waals surface area contributed by atoms with Gasteiger partial charge < -0.3 is 10.0 Å². The Balaban J connectivity index is 2.42. The van der Waals surface area contributed by atoms with E-state index in [0.29, 0.717) is 17.8 Å². The lowest BCUT2D eigenvalue weighted by molar-refractivity contribution is 0.0767. The summed E-state index contributed by atoms with van der Waals surface area (Å²) in [5.74, 6) is -0.148. The molecular weight excluding hydrogens is 262 g/mol. The molecule has 0 saturated carbocycles. The highest BCUT2D eigenvalue weighted by Gasteiger charge is 2.19. The van der Waals surface area contributed by atoms with Crippen molar-refractivity contribution in [1.29, 1.82) is 0 Å². The molecule has 0 aliphatic rings. The maximum Gasteiger partial charge on any atom is 0.255 e. The van der Waals surface area contributed by atoms with E-state index in [1.807, 2.05) is 6.92 Å². The van der Waals surface area contributed by atoms with Crippen LogP contribution in [0.25, 0.3) is 10.6 Å². The van der Waals surface area contributed by atoms with E-state index in [1.54, 1.807) is 30.9 Å². The van der Waals surface area contributed by atoms with E-state index < -0.39 is 0 Å². The number of carbonyl (C=O) groups excluding carboxylic acids is 1. The van der Waals surface area contributed by atoms with Gasteiger partial charge in [-0.2, -0.15) is 0 Å². The van der Waals surface area contributed by atoms with Crippen LogP contribution in [0.15, 0.2) is 23.8 Å². The molecule has 2 rings (SSSR count). The van der Waals surface area contributed by atoms with Crippen LogP contribution in [0.4, 0.5) is 0 Å². The molecule has 0 spiro atoms. The van der Waals surface area contributed by atoms with Crippen LogP contribution in [-0.4, -0.2) is 46.1 Å². The smallest absolute Gasteiger partial charge is 0.255 e. The van der Waals surface area contributed by atoms with E-state index in [9.17, 15) is 4.79 Å². The highest BCUT2D eigenvalue weighted by Crippen LogP contribution is 2.28. The Bertz CT molecular complexity index is 583. The highest BCUT2D eigenvalue weighted by molar-refractivity contribution is 7.13. The van der Waals surface area contributed by atoms with Crippen LogP contribution in [0.3, 0.4) is 0 Å². The van der Waals surface area contributed by atoms with Gasteiger partial charge in [0, 0.05) is 19.8 Å².